The number of carbonyl (C=O) groups excluding carboxylic acids is 2. The van der Waals surface area contributed by atoms with Gasteiger partial charge in [-0.25, -0.2) is 9.88 Å². The number of hydrogen-bond acceptors (Lipinski definition) is 4. The van der Waals surface area contributed by atoms with Crippen LogP contribution in [0.1, 0.15) is 13.8 Å². The van der Waals surface area contributed by atoms with E-state index < -0.39 is 0 Å². The monoisotopic (exact) mass is 294 g/mol. The van der Waals surface area contributed by atoms with E-state index >= 15 is 0 Å². The van der Waals surface area contributed by atoms with Crippen LogP contribution in [-0.4, -0.2) is 27.0 Å². The first-order chi connectivity index (χ1) is 10.6. The van der Waals surface area contributed by atoms with Gasteiger partial charge in [0.05, 0.1) is 5.39 Å². The molecule has 0 aliphatic rings. The van der Waals surface area contributed by atoms with E-state index in [1.165, 1.54) is 13.8 Å². The fraction of sp³-hybridized carbons (Fsp3) is 0.125. The predicted molar refractivity (Wildman–Crippen MR) is 83.2 cm³/mol. The Balaban J connectivity index is 2.17. The Morgan fingerprint density at radius 2 is 1.73 bits per heavy atom. The Kier molecular flexibility index (Phi) is 3.42. The van der Waals surface area contributed by atoms with Crippen molar-refractivity contribution in [2.75, 3.05) is 4.90 Å². The summed E-state index contributed by atoms with van der Waals surface area (Å²) < 4.78 is 0. The van der Waals surface area contributed by atoms with Crippen molar-refractivity contribution in [2.45, 2.75) is 13.8 Å². The number of anilines is 1. The number of rotatable bonds is 2. The molecular formula is C16H14N4O2. The molecule has 0 aliphatic carbocycles. The highest BCUT2D eigenvalue weighted by Gasteiger charge is 2.22. The van der Waals surface area contributed by atoms with Crippen molar-refractivity contribution in [1.82, 2.24) is 15.2 Å². The molecule has 0 atom stereocenters. The van der Waals surface area contributed by atoms with Crippen LogP contribution >= 0.6 is 0 Å². The van der Waals surface area contributed by atoms with Crippen molar-refractivity contribution < 1.29 is 9.59 Å². The highest BCUT2D eigenvalue weighted by atomic mass is 16.2. The van der Waals surface area contributed by atoms with Gasteiger partial charge in [-0.15, -0.1) is 0 Å². The van der Waals surface area contributed by atoms with Crippen molar-refractivity contribution in [3.63, 3.8) is 0 Å². The average Bonchev–Trinajstić information content (AvgIpc) is 2.90. The molecule has 0 bridgehead atoms. The summed E-state index contributed by atoms with van der Waals surface area (Å²) in [7, 11) is 0. The van der Waals surface area contributed by atoms with Gasteiger partial charge in [-0.1, -0.05) is 30.3 Å². The molecule has 0 fully saturated rings. The van der Waals surface area contributed by atoms with Crippen LogP contribution < -0.4 is 4.90 Å². The summed E-state index contributed by atoms with van der Waals surface area (Å²) in [5.74, 6) is -0.489. The van der Waals surface area contributed by atoms with Crippen molar-refractivity contribution in [2.24, 2.45) is 0 Å². The molecule has 0 saturated carbocycles. The van der Waals surface area contributed by atoms with Gasteiger partial charge in [0.2, 0.25) is 11.8 Å². The number of carbonyl (C=O) groups is 2. The largest absolute Gasteiger partial charge is 0.274 e. The molecule has 0 spiro atoms. The third-order valence-corrected chi connectivity index (χ3v) is 3.35. The maximum absolute atomic E-state index is 11.7. The number of nitrogens with zero attached hydrogens (tertiary/aromatic N) is 3. The number of pyridine rings is 1. The minimum atomic E-state index is -0.383. The number of fused-ring (bicyclic) bond motifs is 1. The van der Waals surface area contributed by atoms with Gasteiger partial charge in [0.15, 0.2) is 11.5 Å². The maximum Gasteiger partial charge on any atom is 0.231 e. The Labute approximate surface area is 126 Å². The molecule has 2 amide bonds. The zero-order chi connectivity index (χ0) is 15.7. The Hall–Kier alpha value is -3.02. The SMILES string of the molecule is CC(=O)N(C(C)=O)c1n[nH]c2ncc(-c3ccccc3)cc12. The number of hydrogen-bond donors (Lipinski definition) is 1. The van der Waals surface area contributed by atoms with E-state index in [2.05, 4.69) is 15.2 Å². The van der Waals surface area contributed by atoms with Crippen LogP contribution in [0, 0.1) is 0 Å². The molecule has 22 heavy (non-hydrogen) atoms. The quantitative estimate of drug-likeness (QED) is 0.787. The molecule has 110 valence electrons. The van der Waals surface area contributed by atoms with Gasteiger partial charge >= 0.3 is 0 Å². The van der Waals surface area contributed by atoms with Gasteiger partial charge in [-0.2, -0.15) is 5.10 Å². The first kappa shape index (κ1) is 13.9. The van der Waals surface area contributed by atoms with E-state index in [1.807, 2.05) is 36.4 Å². The number of amides is 2. The minimum Gasteiger partial charge on any atom is -0.274 e. The fourth-order valence-electron chi connectivity index (χ4n) is 2.37. The van der Waals surface area contributed by atoms with Crippen molar-refractivity contribution in [3.8, 4) is 11.1 Å². The van der Waals surface area contributed by atoms with E-state index in [-0.39, 0.29) is 17.6 Å². The third-order valence-electron chi connectivity index (χ3n) is 3.35. The fourth-order valence-corrected chi connectivity index (χ4v) is 2.37. The molecule has 0 saturated heterocycles. The zero-order valence-corrected chi connectivity index (χ0v) is 12.2. The second-order valence-electron chi connectivity index (χ2n) is 4.91. The molecule has 0 radical (unpaired) electrons. The lowest BCUT2D eigenvalue weighted by Gasteiger charge is -2.14. The normalized spacial score (nSPS) is 10.6. The lowest BCUT2D eigenvalue weighted by atomic mass is 10.1. The smallest absolute Gasteiger partial charge is 0.231 e. The average molecular weight is 294 g/mol. The second-order valence-corrected chi connectivity index (χ2v) is 4.91. The predicted octanol–water partition coefficient (Wildman–Crippen LogP) is 2.52. The van der Waals surface area contributed by atoms with Gasteiger partial charge in [0, 0.05) is 25.6 Å². The first-order valence-corrected chi connectivity index (χ1v) is 6.78. The maximum atomic E-state index is 11.7. The van der Waals surface area contributed by atoms with E-state index in [4.69, 9.17) is 0 Å². The van der Waals surface area contributed by atoms with E-state index in [9.17, 15) is 9.59 Å². The molecule has 0 aliphatic heterocycles. The van der Waals surface area contributed by atoms with Gasteiger partial charge < -0.3 is 0 Å². The van der Waals surface area contributed by atoms with Crippen molar-refractivity contribution in [1.29, 1.82) is 0 Å². The summed E-state index contributed by atoms with van der Waals surface area (Å²) in [6, 6.07) is 11.6. The third kappa shape index (κ3) is 2.35. The van der Waals surface area contributed by atoms with Gasteiger partial charge in [-0.05, 0) is 11.6 Å². The number of nitrogens with one attached hydrogen (secondary N) is 1. The summed E-state index contributed by atoms with van der Waals surface area (Å²) in [5, 5.41) is 7.45. The molecule has 6 heteroatoms. The highest BCUT2D eigenvalue weighted by Crippen LogP contribution is 2.28. The van der Waals surface area contributed by atoms with E-state index in [1.54, 1.807) is 6.20 Å². The molecule has 6 nitrogen and oxygen atoms in total. The number of aromatic amines is 1. The van der Waals surface area contributed by atoms with Crippen molar-refractivity contribution in [3.05, 3.63) is 42.6 Å². The molecule has 1 N–H and O–H groups in total. The summed E-state index contributed by atoms with van der Waals surface area (Å²) in [5.41, 5.74) is 2.42. The van der Waals surface area contributed by atoms with Gasteiger partial charge in [0.1, 0.15) is 0 Å². The Morgan fingerprint density at radius 3 is 2.36 bits per heavy atom. The van der Waals surface area contributed by atoms with Crippen molar-refractivity contribution >= 4 is 28.7 Å². The number of H-pyrrole nitrogens is 1. The molecule has 2 aromatic heterocycles. The lowest BCUT2D eigenvalue weighted by Crippen LogP contribution is -2.33. The molecule has 3 aromatic rings. The Bertz CT molecular complexity index is 841. The van der Waals surface area contributed by atoms with Crippen LogP contribution in [0.5, 0.6) is 0 Å². The Morgan fingerprint density at radius 1 is 1.05 bits per heavy atom. The summed E-state index contributed by atoms with van der Waals surface area (Å²) in [4.78, 5) is 28.8. The number of benzene rings is 1. The van der Waals surface area contributed by atoms with E-state index in [0.29, 0.717) is 11.0 Å². The first-order valence-electron chi connectivity index (χ1n) is 6.78. The van der Waals surface area contributed by atoms with Gasteiger partial charge in [-0.3, -0.25) is 14.7 Å². The topological polar surface area (TPSA) is 79.0 Å². The molecule has 3 rings (SSSR count). The molecule has 2 heterocycles. The molecule has 1 aromatic carbocycles. The van der Waals surface area contributed by atoms with Gasteiger partial charge in [0.25, 0.3) is 0 Å². The van der Waals surface area contributed by atoms with Crippen LogP contribution in [0.4, 0.5) is 5.82 Å². The molecular weight excluding hydrogens is 280 g/mol. The summed E-state index contributed by atoms with van der Waals surface area (Å²) >= 11 is 0. The van der Waals surface area contributed by atoms with E-state index in [0.717, 1.165) is 16.0 Å². The lowest BCUT2D eigenvalue weighted by molar-refractivity contribution is -0.124. The van der Waals surface area contributed by atoms with Crippen LogP contribution in [0.15, 0.2) is 42.6 Å². The summed E-state index contributed by atoms with van der Waals surface area (Å²) in [6.07, 6.45) is 1.73. The van der Waals surface area contributed by atoms with Crippen LogP contribution in [0.2, 0.25) is 0 Å². The van der Waals surface area contributed by atoms with Crippen LogP contribution in [-0.2, 0) is 9.59 Å². The number of imide groups is 1. The zero-order valence-electron chi connectivity index (χ0n) is 12.2. The van der Waals surface area contributed by atoms with Crippen LogP contribution in [0.25, 0.3) is 22.2 Å². The minimum absolute atomic E-state index is 0.278. The highest BCUT2D eigenvalue weighted by molar-refractivity contribution is 6.16. The standard InChI is InChI=1S/C16H14N4O2/c1-10(21)20(11(2)22)16-14-8-13(9-17-15(14)18-19-16)12-6-4-3-5-7-12/h3-9H,1-2H3,(H,17,18,19). The molecule has 0 unspecified atom stereocenters. The van der Waals surface area contributed by atoms with Crippen LogP contribution in [0.3, 0.4) is 0 Å². The second kappa shape index (κ2) is 5.40. The number of aromatic nitrogens is 3. The summed E-state index contributed by atoms with van der Waals surface area (Å²) in [6.45, 7) is 2.66.